The fourth-order valence-electron chi connectivity index (χ4n) is 3.49. The minimum absolute atomic E-state index is 0.141. The summed E-state index contributed by atoms with van der Waals surface area (Å²) in [5.41, 5.74) is 3.45. The predicted octanol–water partition coefficient (Wildman–Crippen LogP) is 3.29. The van der Waals surface area contributed by atoms with Gasteiger partial charge in [0, 0.05) is 5.56 Å². The normalized spacial score (nSPS) is 14.8. The summed E-state index contributed by atoms with van der Waals surface area (Å²) < 4.78 is 0. The largest absolute Gasteiger partial charge is 0.348 e. The molecule has 146 valence electrons. The third-order valence-corrected chi connectivity index (χ3v) is 4.94. The molecular weight excluding hydrogens is 352 g/mol. The van der Waals surface area contributed by atoms with Crippen molar-refractivity contribution >= 4 is 17.7 Å². The van der Waals surface area contributed by atoms with Crippen LogP contribution in [0.3, 0.4) is 0 Å². The molecule has 2 aromatic rings. The maximum absolute atomic E-state index is 12.6. The Labute approximate surface area is 165 Å². The Morgan fingerprint density at radius 3 is 2.39 bits per heavy atom. The average Bonchev–Trinajstić information content (AvgIpc) is 2.65. The molecule has 1 atom stereocenters. The molecule has 0 unspecified atom stereocenters. The summed E-state index contributed by atoms with van der Waals surface area (Å²) in [5.74, 6) is -0.509. The van der Waals surface area contributed by atoms with Crippen LogP contribution in [0.2, 0.25) is 0 Å². The zero-order chi connectivity index (χ0) is 20.3. The Morgan fingerprint density at radius 2 is 1.71 bits per heavy atom. The molecule has 1 aliphatic rings. The lowest BCUT2D eigenvalue weighted by molar-refractivity contribution is -0.133. The van der Waals surface area contributed by atoms with Crippen molar-refractivity contribution in [1.29, 1.82) is 0 Å². The summed E-state index contributed by atoms with van der Waals surface area (Å²) in [6.45, 7) is 5.99. The van der Waals surface area contributed by atoms with E-state index in [1.54, 1.807) is 24.3 Å². The molecule has 3 rings (SSSR count). The van der Waals surface area contributed by atoms with Gasteiger partial charge in [-0.25, -0.2) is 0 Å². The Bertz CT molecular complexity index is 887. The molecule has 5 nitrogen and oxygen atoms in total. The number of hydrogen-bond donors (Lipinski definition) is 1. The van der Waals surface area contributed by atoms with E-state index in [9.17, 15) is 14.4 Å². The Balaban J connectivity index is 1.62. The molecule has 0 bridgehead atoms. The van der Waals surface area contributed by atoms with E-state index >= 15 is 0 Å². The van der Waals surface area contributed by atoms with E-state index < -0.39 is 5.91 Å². The monoisotopic (exact) mass is 378 g/mol. The van der Waals surface area contributed by atoms with E-state index in [1.807, 2.05) is 19.1 Å². The zero-order valence-corrected chi connectivity index (χ0v) is 16.6. The van der Waals surface area contributed by atoms with E-state index in [0.29, 0.717) is 17.0 Å². The van der Waals surface area contributed by atoms with Crippen molar-refractivity contribution in [2.45, 2.75) is 39.7 Å². The number of nitrogens with zero attached hydrogens (tertiary/aromatic N) is 1. The van der Waals surface area contributed by atoms with E-state index in [4.69, 9.17) is 0 Å². The zero-order valence-electron chi connectivity index (χ0n) is 16.6. The van der Waals surface area contributed by atoms with Crippen LogP contribution in [0.5, 0.6) is 0 Å². The quantitative estimate of drug-likeness (QED) is 0.785. The minimum atomic E-state index is -0.410. The Morgan fingerprint density at radius 1 is 1.04 bits per heavy atom. The van der Waals surface area contributed by atoms with Crippen LogP contribution in [0.1, 0.15) is 53.9 Å². The van der Waals surface area contributed by atoms with Gasteiger partial charge in [-0.05, 0) is 42.0 Å². The summed E-state index contributed by atoms with van der Waals surface area (Å²) in [6.07, 6.45) is 1.16. The van der Waals surface area contributed by atoms with Crippen molar-refractivity contribution in [3.63, 3.8) is 0 Å². The highest BCUT2D eigenvalue weighted by Crippen LogP contribution is 2.20. The fraction of sp³-hybridized carbons (Fsp3) is 0.348. The minimum Gasteiger partial charge on any atom is -0.348 e. The van der Waals surface area contributed by atoms with Crippen LogP contribution in [0.15, 0.2) is 48.5 Å². The summed E-state index contributed by atoms with van der Waals surface area (Å²) in [4.78, 5) is 38.4. The lowest BCUT2D eigenvalue weighted by atomic mass is 9.98. The third-order valence-electron chi connectivity index (χ3n) is 4.94. The van der Waals surface area contributed by atoms with Crippen molar-refractivity contribution in [2.75, 3.05) is 6.54 Å². The number of benzene rings is 2. The van der Waals surface area contributed by atoms with Crippen molar-refractivity contribution < 1.29 is 14.4 Å². The summed E-state index contributed by atoms with van der Waals surface area (Å²) >= 11 is 0. The second-order valence-corrected chi connectivity index (χ2v) is 7.75. The molecule has 0 spiro atoms. The SMILES string of the molecule is CC(C)Cc1ccc([C@@H](C)NC(=O)CN2C(=O)Cc3ccccc3C2=O)cc1. The Hall–Kier alpha value is -2.95. The van der Waals surface area contributed by atoms with Gasteiger partial charge in [-0.15, -0.1) is 0 Å². The van der Waals surface area contributed by atoms with Gasteiger partial charge in [0.1, 0.15) is 6.54 Å². The highest BCUT2D eigenvalue weighted by atomic mass is 16.2. The van der Waals surface area contributed by atoms with Gasteiger partial charge in [0.25, 0.3) is 5.91 Å². The molecule has 1 heterocycles. The second-order valence-electron chi connectivity index (χ2n) is 7.75. The molecule has 0 saturated carbocycles. The lowest BCUT2D eigenvalue weighted by Crippen LogP contribution is -2.47. The smallest absolute Gasteiger partial charge is 0.261 e. The van der Waals surface area contributed by atoms with E-state index in [0.717, 1.165) is 16.9 Å². The molecule has 0 fully saturated rings. The molecule has 0 radical (unpaired) electrons. The molecule has 0 saturated heterocycles. The molecule has 0 aromatic heterocycles. The van der Waals surface area contributed by atoms with Crippen LogP contribution in [-0.2, 0) is 22.4 Å². The van der Waals surface area contributed by atoms with Crippen molar-refractivity contribution in [3.8, 4) is 0 Å². The summed E-state index contributed by atoms with van der Waals surface area (Å²) in [7, 11) is 0. The number of hydrogen-bond acceptors (Lipinski definition) is 3. The van der Waals surface area contributed by atoms with Crippen LogP contribution in [-0.4, -0.2) is 29.2 Å². The number of fused-ring (bicyclic) bond motifs is 1. The van der Waals surface area contributed by atoms with E-state index in [1.165, 1.54) is 5.56 Å². The van der Waals surface area contributed by atoms with Crippen LogP contribution < -0.4 is 5.32 Å². The standard InChI is InChI=1S/C23H26N2O3/c1-15(2)12-17-8-10-18(11-9-17)16(3)24-21(26)14-25-22(27)13-19-6-4-5-7-20(19)23(25)28/h4-11,15-16H,12-14H2,1-3H3,(H,24,26)/t16-/m1/s1. The van der Waals surface area contributed by atoms with Crippen molar-refractivity contribution in [1.82, 2.24) is 10.2 Å². The number of amides is 3. The lowest BCUT2D eigenvalue weighted by Gasteiger charge is -2.27. The maximum atomic E-state index is 12.6. The number of carbonyl (C=O) groups excluding carboxylic acids is 3. The molecule has 1 aliphatic heterocycles. The number of carbonyl (C=O) groups is 3. The molecule has 28 heavy (non-hydrogen) atoms. The molecule has 3 amide bonds. The number of imide groups is 1. The van der Waals surface area contributed by atoms with Gasteiger partial charge >= 0.3 is 0 Å². The summed E-state index contributed by atoms with van der Waals surface area (Å²) in [6, 6.07) is 15.0. The second kappa shape index (κ2) is 8.38. The number of rotatable bonds is 6. The highest BCUT2D eigenvalue weighted by molar-refractivity contribution is 6.11. The van der Waals surface area contributed by atoms with Gasteiger partial charge in [0.05, 0.1) is 12.5 Å². The van der Waals surface area contributed by atoms with E-state index in [2.05, 4.69) is 31.3 Å². The molecule has 2 aromatic carbocycles. The third kappa shape index (κ3) is 4.47. The first kappa shape index (κ1) is 19.8. The average molecular weight is 378 g/mol. The number of nitrogens with one attached hydrogen (secondary N) is 1. The first-order valence-corrected chi connectivity index (χ1v) is 9.66. The van der Waals surface area contributed by atoms with Crippen LogP contribution in [0.4, 0.5) is 0 Å². The molecule has 0 aliphatic carbocycles. The first-order chi connectivity index (χ1) is 13.3. The van der Waals surface area contributed by atoms with Gasteiger partial charge < -0.3 is 5.32 Å². The highest BCUT2D eigenvalue weighted by Gasteiger charge is 2.32. The van der Waals surface area contributed by atoms with Crippen molar-refractivity contribution in [2.24, 2.45) is 5.92 Å². The van der Waals surface area contributed by atoms with Gasteiger partial charge in [-0.3, -0.25) is 19.3 Å². The van der Waals surface area contributed by atoms with E-state index in [-0.39, 0.29) is 30.8 Å². The molecule has 1 N–H and O–H groups in total. The Kier molecular flexibility index (Phi) is 5.93. The molecule has 5 heteroatoms. The first-order valence-electron chi connectivity index (χ1n) is 9.66. The molecular formula is C23H26N2O3. The van der Waals surface area contributed by atoms with Gasteiger partial charge in [0.2, 0.25) is 11.8 Å². The van der Waals surface area contributed by atoms with Gasteiger partial charge in [0.15, 0.2) is 0 Å². The van der Waals surface area contributed by atoms with Crippen LogP contribution in [0, 0.1) is 5.92 Å². The fourth-order valence-corrected chi connectivity index (χ4v) is 3.49. The van der Waals surface area contributed by atoms with Crippen LogP contribution in [0.25, 0.3) is 0 Å². The summed E-state index contributed by atoms with van der Waals surface area (Å²) in [5, 5.41) is 2.88. The van der Waals surface area contributed by atoms with Gasteiger partial charge in [-0.2, -0.15) is 0 Å². The van der Waals surface area contributed by atoms with Crippen molar-refractivity contribution in [3.05, 3.63) is 70.8 Å². The maximum Gasteiger partial charge on any atom is 0.261 e. The predicted molar refractivity (Wildman–Crippen MR) is 108 cm³/mol. The van der Waals surface area contributed by atoms with Gasteiger partial charge in [-0.1, -0.05) is 56.3 Å². The topological polar surface area (TPSA) is 66.5 Å². The van der Waals surface area contributed by atoms with Crippen LogP contribution >= 0.6 is 0 Å².